The van der Waals surface area contributed by atoms with Gasteiger partial charge in [0.15, 0.2) is 0 Å². The molecule has 0 radical (unpaired) electrons. The minimum atomic E-state index is -0.161. The van der Waals surface area contributed by atoms with E-state index in [0.717, 1.165) is 12.8 Å². The summed E-state index contributed by atoms with van der Waals surface area (Å²) >= 11 is 0. The lowest BCUT2D eigenvalue weighted by atomic mass is 10.1. The predicted octanol–water partition coefficient (Wildman–Crippen LogP) is 1.29. The molecule has 0 aliphatic carbocycles. The van der Waals surface area contributed by atoms with Crippen molar-refractivity contribution in [3.05, 3.63) is 24.0 Å². The van der Waals surface area contributed by atoms with Crippen LogP contribution in [-0.2, 0) is 0 Å². The van der Waals surface area contributed by atoms with Gasteiger partial charge in [-0.15, -0.1) is 0 Å². The standard InChI is InChI=1S/C11H18N4O/c1-3-8(4-2)14-11(16)10-7-9(15-12)5-6-13-10/h5-8H,3-4,12H2,1-2H3,(H,13,15)(H,14,16). The van der Waals surface area contributed by atoms with Crippen molar-refractivity contribution in [1.82, 2.24) is 10.3 Å². The third-order valence-electron chi connectivity index (χ3n) is 2.48. The van der Waals surface area contributed by atoms with Gasteiger partial charge in [0.05, 0.1) is 5.69 Å². The van der Waals surface area contributed by atoms with E-state index in [1.165, 1.54) is 0 Å². The third kappa shape index (κ3) is 3.20. The highest BCUT2D eigenvalue weighted by Crippen LogP contribution is 2.07. The third-order valence-corrected chi connectivity index (χ3v) is 2.48. The molecule has 0 atom stereocenters. The number of nitrogens with one attached hydrogen (secondary N) is 2. The van der Waals surface area contributed by atoms with Crippen LogP contribution >= 0.6 is 0 Å². The minimum Gasteiger partial charge on any atom is -0.348 e. The monoisotopic (exact) mass is 222 g/mol. The lowest BCUT2D eigenvalue weighted by molar-refractivity contribution is 0.0930. The highest BCUT2D eigenvalue weighted by molar-refractivity contribution is 5.93. The minimum absolute atomic E-state index is 0.161. The Kier molecular flexibility index (Phi) is 4.72. The fraction of sp³-hybridized carbons (Fsp3) is 0.455. The van der Waals surface area contributed by atoms with Crippen molar-refractivity contribution in [3.63, 3.8) is 0 Å². The molecule has 0 bridgehead atoms. The molecule has 1 rings (SSSR count). The van der Waals surface area contributed by atoms with E-state index in [4.69, 9.17) is 5.84 Å². The number of nitrogen functional groups attached to an aromatic ring is 1. The lowest BCUT2D eigenvalue weighted by Crippen LogP contribution is -2.34. The van der Waals surface area contributed by atoms with Crippen LogP contribution < -0.4 is 16.6 Å². The summed E-state index contributed by atoms with van der Waals surface area (Å²) in [4.78, 5) is 15.8. The summed E-state index contributed by atoms with van der Waals surface area (Å²) in [6, 6.07) is 3.52. The molecule has 0 aliphatic rings. The number of pyridine rings is 1. The Morgan fingerprint density at radius 1 is 1.50 bits per heavy atom. The number of hydrazine groups is 1. The number of carbonyl (C=O) groups is 1. The van der Waals surface area contributed by atoms with Crippen LogP contribution in [0.1, 0.15) is 37.2 Å². The first-order valence-electron chi connectivity index (χ1n) is 5.44. The van der Waals surface area contributed by atoms with Gasteiger partial charge in [0, 0.05) is 12.2 Å². The molecular weight excluding hydrogens is 204 g/mol. The van der Waals surface area contributed by atoms with Crippen molar-refractivity contribution in [2.24, 2.45) is 5.84 Å². The number of hydrogen-bond acceptors (Lipinski definition) is 4. The number of nitrogens with zero attached hydrogens (tertiary/aromatic N) is 1. The average molecular weight is 222 g/mol. The van der Waals surface area contributed by atoms with Gasteiger partial charge in [-0.3, -0.25) is 15.6 Å². The van der Waals surface area contributed by atoms with Crippen molar-refractivity contribution in [1.29, 1.82) is 0 Å². The van der Waals surface area contributed by atoms with Gasteiger partial charge in [0.1, 0.15) is 5.69 Å². The maximum absolute atomic E-state index is 11.8. The van der Waals surface area contributed by atoms with E-state index in [1.54, 1.807) is 18.3 Å². The average Bonchev–Trinajstić information content (AvgIpc) is 2.35. The van der Waals surface area contributed by atoms with E-state index < -0.39 is 0 Å². The summed E-state index contributed by atoms with van der Waals surface area (Å²) in [6.07, 6.45) is 3.38. The fourth-order valence-electron chi connectivity index (χ4n) is 1.40. The highest BCUT2D eigenvalue weighted by Gasteiger charge is 2.11. The molecule has 0 saturated carbocycles. The van der Waals surface area contributed by atoms with Gasteiger partial charge in [-0.1, -0.05) is 13.8 Å². The number of carbonyl (C=O) groups excluding carboxylic acids is 1. The zero-order chi connectivity index (χ0) is 12.0. The van der Waals surface area contributed by atoms with Gasteiger partial charge >= 0.3 is 0 Å². The first-order chi connectivity index (χ1) is 7.71. The second-order valence-electron chi connectivity index (χ2n) is 3.56. The normalized spacial score (nSPS) is 10.2. The number of hydrogen-bond donors (Lipinski definition) is 3. The van der Waals surface area contributed by atoms with E-state index in [2.05, 4.69) is 15.7 Å². The Bertz CT molecular complexity index is 350. The topological polar surface area (TPSA) is 80.0 Å². The Morgan fingerprint density at radius 3 is 2.75 bits per heavy atom. The summed E-state index contributed by atoms with van der Waals surface area (Å²) < 4.78 is 0. The number of amides is 1. The molecule has 0 spiro atoms. The maximum Gasteiger partial charge on any atom is 0.270 e. The Labute approximate surface area is 95.4 Å². The van der Waals surface area contributed by atoms with Crippen molar-refractivity contribution in [3.8, 4) is 0 Å². The lowest BCUT2D eigenvalue weighted by Gasteiger charge is -2.14. The largest absolute Gasteiger partial charge is 0.348 e. The van der Waals surface area contributed by atoms with E-state index in [1.807, 2.05) is 13.8 Å². The molecule has 4 N–H and O–H groups in total. The van der Waals surface area contributed by atoms with Gasteiger partial charge in [-0.2, -0.15) is 0 Å². The molecule has 0 aromatic carbocycles. The Balaban J connectivity index is 2.72. The summed E-state index contributed by atoms with van der Waals surface area (Å²) in [5.74, 6) is 5.10. The first kappa shape index (κ1) is 12.4. The molecule has 1 heterocycles. The van der Waals surface area contributed by atoms with E-state index in [-0.39, 0.29) is 11.9 Å². The molecule has 88 valence electrons. The van der Waals surface area contributed by atoms with Crippen molar-refractivity contribution in [2.45, 2.75) is 32.7 Å². The summed E-state index contributed by atoms with van der Waals surface area (Å²) in [5, 5.41) is 2.91. The molecule has 1 aromatic rings. The van der Waals surface area contributed by atoms with Crippen LogP contribution in [0.25, 0.3) is 0 Å². The van der Waals surface area contributed by atoms with E-state index in [9.17, 15) is 4.79 Å². The molecule has 0 saturated heterocycles. The molecule has 0 aliphatic heterocycles. The van der Waals surface area contributed by atoms with Crippen molar-refractivity contribution in [2.75, 3.05) is 5.43 Å². The van der Waals surface area contributed by atoms with Gasteiger partial charge in [-0.25, -0.2) is 0 Å². The predicted molar refractivity (Wildman–Crippen MR) is 63.9 cm³/mol. The fourth-order valence-corrected chi connectivity index (χ4v) is 1.40. The maximum atomic E-state index is 11.8. The van der Waals surface area contributed by atoms with Crippen LogP contribution in [0.5, 0.6) is 0 Å². The second-order valence-corrected chi connectivity index (χ2v) is 3.56. The van der Waals surface area contributed by atoms with E-state index >= 15 is 0 Å². The number of nitrogens with two attached hydrogens (primary N) is 1. The summed E-state index contributed by atoms with van der Waals surface area (Å²) in [7, 11) is 0. The molecular formula is C11H18N4O. The van der Waals surface area contributed by atoms with E-state index in [0.29, 0.717) is 11.4 Å². The molecule has 0 fully saturated rings. The smallest absolute Gasteiger partial charge is 0.270 e. The highest BCUT2D eigenvalue weighted by atomic mass is 16.1. The Hall–Kier alpha value is -1.62. The number of rotatable bonds is 5. The Morgan fingerprint density at radius 2 is 2.19 bits per heavy atom. The number of aromatic nitrogens is 1. The molecule has 5 heteroatoms. The van der Waals surface area contributed by atoms with Crippen LogP contribution in [0.2, 0.25) is 0 Å². The SMILES string of the molecule is CCC(CC)NC(=O)c1cc(NN)ccn1. The van der Waals surface area contributed by atoms with Crippen LogP contribution in [0.15, 0.2) is 18.3 Å². The van der Waals surface area contributed by atoms with Gasteiger partial charge in [0.2, 0.25) is 0 Å². The van der Waals surface area contributed by atoms with Gasteiger partial charge in [0.25, 0.3) is 5.91 Å². The van der Waals surface area contributed by atoms with Crippen LogP contribution in [0, 0.1) is 0 Å². The van der Waals surface area contributed by atoms with Gasteiger partial charge < -0.3 is 10.7 Å². The van der Waals surface area contributed by atoms with Crippen molar-refractivity contribution >= 4 is 11.6 Å². The molecule has 16 heavy (non-hydrogen) atoms. The first-order valence-corrected chi connectivity index (χ1v) is 5.44. The molecule has 0 unspecified atom stereocenters. The molecule has 1 aromatic heterocycles. The quantitative estimate of drug-likeness (QED) is 0.518. The molecule has 1 amide bonds. The number of anilines is 1. The van der Waals surface area contributed by atoms with Crippen LogP contribution in [0.4, 0.5) is 5.69 Å². The van der Waals surface area contributed by atoms with Crippen LogP contribution in [-0.4, -0.2) is 16.9 Å². The summed E-state index contributed by atoms with van der Waals surface area (Å²) in [5.41, 5.74) is 3.53. The van der Waals surface area contributed by atoms with Crippen molar-refractivity contribution < 1.29 is 4.79 Å². The zero-order valence-electron chi connectivity index (χ0n) is 9.66. The second kappa shape index (κ2) is 6.07. The molecule has 5 nitrogen and oxygen atoms in total. The van der Waals surface area contributed by atoms with Gasteiger partial charge in [-0.05, 0) is 25.0 Å². The van der Waals surface area contributed by atoms with Crippen LogP contribution in [0.3, 0.4) is 0 Å². The zero-order valence-corrected chi connectivity index (χ0v) is 9.66. The summed E-state index contributed by atoms with van der Waals surface area (Å²) in [6.45, 7) is 4.08.